The molecule has 0 unspecified atom stereocenters. The summed E-state index contributed by atoms with van der Waals surface area (Å²) in [5.41, 5.74) is 0.375. The molecule has 1 aliphatic heterocycles. The highest BCUT2D eigenvalue weighted by Crippen LogP contribution is 2.42. The highest BCUT2D eigenvalue weighted by Gasteiger charge is 2.45. The molecule has 1 aliphatic rings. The number of likely N-dealkylation sites (tertiary alicyclic amines) is 1. The first-order valence-electron chi connectivity index (χ1n) is 9.21. The van der Waals surface area contributed by atoms with E-state index in [9.17, 15) is 0 Å². The quantitative estimate of drug-likeness (QED) is 0.449. The zero-order valence-corrected chi connectivity index (χ0v) is 16.1. The monoisotopic (exact) mass is 313 g/mol. The van der Waals surface area contributed by atoms with E-state index in [0.717, 1.165) is 38.9 Å². The van der Waals surface area contributed by atoms with E-state index in [0.29, 0.717) is 5.92 Å². The van der Waals surface area contributed by atoms with Gasteiger partial charge in [-0.2, -0.15) is 0 Å². The van der Waals surface area contributed by atoms with E-state index in [2.05, 4.69) is 53.5 Å². The Hall–Kier alpha value is -0.120. The number of piperidine rings is 1. The zero-order chi connectivity index (χ0) is 16.8. The molecule has 0 saturated carbocycles. The number of unbranched alkanes of at least 4 members (excludes halogenated alkanes) is 2. The van der Waals surface area contributed by atoms with Gasteiger partial charge < -0.3 is 9.47 Å². The van der Waals surface area contributed by atoms with Crippen molar-refractivity contribution in [3.8, 4) is 0 Å². The number of hydrogen-bond donors (Lipinski definition) is 0. The molecule has 0 aromatic rings. The number of rotatable bonds is 9. The molecule has 0 aromatic heterocycles. The van der Waals surface area contributed by atoms with E-state index in [1.165, 1.54) is 12.8 Å². The van der Waals surface area contributed by atoms with Crippen molar-refractivity contribution in [2.75, 3.05) is 20.3 Å². The first kappa shape index (κ1) is 19.9. The lowest BCUT2D eigenvalue weighted by atomic mass is 9.74. The van der Waals surface area contributed by atoms with E-state index in [4.69, 9.17) is 9.47 Å². The second-order valence-electron chi connectivity index (χ2n) is 8.17. The van der Waals surface area contributed by atoms with Crippen molar-refractivity contribution in [1.29, 1.82) is 0 Å². The normalized spacial score (nSPS) is 22.4. The van der Waals surface area contributed by atoms with Crippen molar-refractivity contribution >= 4 is 0 Å². The van der Waals surface area contributed by atoms with E-state index < -0.39 is 0 Å². The molecule has 0 N–H and O–H groups in total. The van der Waals surface area contributed by atoms with Crippen LogP contribution >= 0.6 is 0 Å². The minimum absolute atomic E-state index is 0.0367. The maximum absolute atomic E-state index is 6.15. The molecule has 3 nitrogen and oxygen atoms in total. The Balaban J connectivity index is 2.74. The van der Waals surface area contributed by atoms with Crippen molar-refractivity contribution in [1.82, 2.24) is 4.90 Å². The third kappa shape index (κ3) is 5.50. The summed E-state index contributed by atoms with van der Waals surface area (Å²) >= 11 is 0. The summed E-state index contributed by atoms with van der Waals surface area (Å²) in [7, 11) is 2.25. The molecule has 22 heavy (non-hydrogen) atoms. The van der Waals surface area contributed by atoms with Gasteiger partial charge in [0, 0.05) is 30.2 Å². The molecular formula is C19H39NO2. The number of nitrogens with zero attached hydrogens (tertiary/aromatic N) is 1. The van der Waals surface area contributed by atoms with Gasteiger partial charge in [-0.15, -0.1) is 0 Å². The molecule has 132 valence electrons. The van der Waals surface area contributed by atoms with Crippen LogP contribution in [0, 0.1) is 5.92 Å². The summed E-state index contributed by atoms with van der Waals surface area (Å²) < 4.78 is 12.3. The molecule has 0 spiro atoms. The standard InChI is InChI=1S/C19H39NO2/c1-8-10-12-21-17(22-13-11-9-2)16-14-18(3,4)20(7)19(5,6)15-16/h16-17H,8-15H2,1-7H3. The summed E-state index contributed by atoms with van der Waals surface area (Å²) in [6, 6.07) is 0. The predicted octanol–water partition coefficient (Wildman–Crippen LogP) is 4.84. The van der Waals surface area contributed by atoms with Crippen LogP contribution in [-0.4, -0.2) is 42.5 Å². The van der Waals surface area contributed by atoms with E-state index in [1.807, 2.05) is 0 Å². The lowest BCUT2D eigenvalue weighted by molar-refractivity contribution is -0.200. The molecule has 0 amide bonds. The molecule has 0 aliphatic carbocycles. The van der Waals surface area contributed by atoms with Gasteiger partial charge in [-0.1, -0.05) is 26.7 Å². The number of ether oxygens (including phenoxy) is 2. The van der Waals surface area contributed by atoms with Crippen LogP contribution in [-0.2, 0) is 9.47 Å². The molecule has 0 radical (unpaired) electrons. The lowest BCUT2D eigenvalue weighted by Gasteiger charge is -2.54. The fourth-order valence-corrected chi connectivity index (χ4v) is 3.65. The minimum atomic E-state index is -0.0367. The zero-order valence-electron chi connectivity index (χ0n) is 16.1. The third-order valence-corrected chi connectivity index (χ3v) is 5.28. The largest absolute Gasteiger partial charge is 0.352 e. The Morgan fingerprint density at radius 3 is 1.68 bits per heavy atom. The molecule has 1 saturated heterocycles. The Morgan fingerprint density at radius 2 is 1.32 bits per heavy atom. The highest BCUT2D eigenvalue weighted by molar-refractivity contribution is 4.99. The van der Waals surface area contributed by atoms with E-state index in [-0.39, 0.29) is 17.4 Å². The van der Waals surface area contributed by atoms with Crippen molar-refractivity contribution in [3.05, 3.63) is 0 Å². The number of hydrogen-bond acceptors (Lipinski definition) is 3. The Labute approximate surface area is 138 Å². The van der Waals surface area contributed by atoms with Gasteiger partial charge in [-0.25, -0.2) is 0 Å². The molecule has 0 bridgehead atoms. The molecule has 1 fully saturated rings. The summed E-state index contributed by atoms with van der Waals surface area (Å²) in [5, 5.41) is 0. The van der Waals surface area contributed by atoms with Gasteiger partial charge >= 0.3 is 0 Å². The first-order valence-corrected chi connectivity index (χ1v) is 9.21. The average Bonchev–Trinajstić information content (AvgIpc) is 2.42. The topological polar surface area (TPSA) is 21.7 Å². The van der Waals surface area contributed by atoms with Gasteiger partial charge in [0.05, 0.1) is 0 Å². The smallest absolute Gasteiger partial charge is 0.160 e. The SMILES string of the molecule is CCCCOC(OCCCC)C1CC(C)(C)N(C)C(C)(C)C1. The van der Waals surface area contributed by atoms with Crippen LogP contribution in [0.4, 0.5) is 0 Å². The first-order chi connectivity index (χ1) is 10.2. The van der Waals surface area contributed by atoms with Crippen LogP contribution in [0.1, 0.15) is 80.1 Å². The van der Waals surface area contributed by atoms with Gasteiger partial charge in [0.2, 0.25) is 0 Å². The fraction of sp³-hybridized carbons (Fsp3) is 1.00. The van der Waals surface area contributed by atoms with Gasteiger partial charge in [-0.3, -0.25) is 4.90 Å². The summed E-state index contributed by atoms with van der Waals surface area (Å²) in [6.07, 6.45) is 6.81. The van der Waals surface area contributed by atoms with Crippen LogP contribution in [0.25, 0.3) is 0 Å². The van der Waals surface area contributed by atoms with Crippen LogP contribution in [0.3, 0.4) is 0 Å². The second-order valence-corrected chi connectivity index (χ2v) is 8.17. The van der Waals surface area contributed by atoms with Crippen molar-refractivity contribution < 1.29 is 9.47 Å². The predicted molar refractivity (Wildman–Crippen MR) is 94.2 cm³/mol. The maximum Gasteiger partial charge on any atom is 0.160 e. The summed E-state index contributed by atoms with van der Waals surface area (Å²) in [5.74, 6) is 0.481. The Kier molecular flexibility index (Phi) is 7.84. The third-order valence-electron chi connectivity index (χ3n) is 5.28. The lowest BCUT2D eigenvalue weighted by Crippen LogP contribution is -2.60. The average molecular weight is 314 g/mol. The van der Waals surface area contributed by atoms with Crippen LogP contribution in [0.15, 0.2) is 0 Å². The van der Waals surface area contributed by atoms with Crippen LogP contribution in [0.5, 0.6) is 0 Å². The van der Waals surface area contributed by atoms with Gasteiger partial charge in [0.25, 0.3) is 0 Å². The molecule has 1 heterocycles. The van der Waals surface area contributed by atoms with Crippen molar-refractivity contribution in [2.24, 2.45) is 5.92 Å². The summed E-state index contributed by atoms with van der Waals surface area (Å²) in [6.45, 7) is 15.4. The van der Waals surface area contributed by atoms with Gasteiger partial charge in [0.15, 0.2) is 6.29 Å². The molecule has 1 rings (SSSR count). The molecule has 0 aromatic carbocycles. The highest BCUT2D eigenvalue weighted by atomic mass is 16.7. The van der Waals surface area contributed by atoms with E-state index in [1.54, 1.807) is 0 Å². The van der Waals surface area contributed by atoms with Crippen LogP contribution in [0.2, 0.25) is 0 Å². The van der Waals surface area contributed by atoms with E-state index >= 15 is 0 Å². The molecule has 0 atom stereocenters. The fourth-order valence-electron chi connectivity index (χ4n) is 3.65. The summed E-state index contributed by atoms with van der Waals surface area (Å²) in [4.78, 5) is 2.52. The maximum atomic E-state index is 6.15. The van der Waals surface area contributed by atoms with Crippen molar-refractivity contribution in [2.45, 2.75) is 97.4 Å². The van der Waals surface area contributed by atoms with Gasteiger partial charge in [0.1, 0.15) is 0 Å². The minimum Gasteiger partial charge on any atom is -0.352 e. The Bertz CT molecular complexity index is 287. The van der Waals surface area contributed by atoms with Crippen LogP contribution < -0.4 is 0 Å². The molecule has 3 heteroatoms. The molecular weight excluding hydrogens is 274 g/mol. The Morgan fingerprint density at radius 1 is 0.909 bits per heavy atom. The van der Waals surface area contributed by atoms with Gasteiger partial charge in [-0.05, 0) is 60.4 Å². The van der Waals surface area contributed by atoms with Crippen molar-refractivity contribution in [3.63, 3.8) is 0 Å². The second kappa shape index (κ2) is 8.65.